The predicted molar refractivity (Wildman–Crippen MR) is 138 cm³/mol. The van der Waals surface area contributed by atoms with Crippen LogP contribution in [0.4, 0.5) is 18.2 Å². The number of Topliss-reactive ketones (excluding diaryl/α,β-unsaturated/α-hetero) is 1. The molecule has 1 aromatic carbocycles. The molecular formula is C26H25F3N2O5S2. The van der Waals surface area contributed by atoms with E-state index in [9.17, 15) is 26.4 Å². The smallest absolute Gasteiger partial charge is 0.378 e. The van der Waals surface area contributed by atoms with Crippen molar-refractivity contribution in [2.45, 2.75) is 32.2 Å². The molecule has 1 fully saturated rings. The van der Waals surface area contributed by atoms with Gasteiger partial charge in [0.25, 0.3) is 0 Å². The van der Waals surface area contributed by atoms with E-state index >= 15 is 0 Å². The van der Waals surface area contributed by atoms with Gasteiger partial charge in [0.1, 0.15) is 5.75 Å². The summed E-state index contributed by atoms with van der Waals surface area (Å²) in [5.41, 5.74) is -2.18. The monoisotopic (exact) mass is 566 g/mol. The molecule has 2 aromatic heterocycles. The van der Waals surface area contributed by atoms with Crippen molar-refractivity contribution in [2.75, 3.05) is 31.2 Å². The van der Waals surface area contributed by atoms with Crippen molar-refractivity contribution in [1.29, 1.82) is 0 Å². The van der Waals surface area contributed by atoms with Gasteiger partial charge < -0.3 is 13.8 Å². The summed E-state index contributed by atoms with van der Waals surface area (Å²) >= 11 is 1.49. The number of morpholine rings is 1. The fourth-order valence-electron chi connectivity index (χ4n) is 4.81. The maximum atomic E-state index is 13.1. The van der Waals surface area contributed by atoms with Crippen molar-refractivity contribution in [3.05, 3.63) is 53.0 Å². The van der Waals surface area contributed by atoms with Crippen molar-refractivity contribution in [3.63, 3.8) is 0 Å². The molecule has 3 heterocycles. The second-order valence-corrected chi connectivity index (χ2v) is 12.6. The van der Waals surface area contributed by atoms with Gasteiger partial charge in [0.05, 0.1) is 28.8 Å². The number of ether oxygens (including phenoxy) is 1. The van der Waals surface area contributed by atoms with Gasteiger partial charge in [0, 0.05) is 36.8 Å². The number of benzene rings is 1. The largest absolute Gasteiger partial charge is 0.534 e. The normalized spacial score (nSPS) is 17.8. The van der Waals surface area contributed by atoms with Crippen LogP contribution in [0.3, 0.4) is 0 Å². The molecule has 12 heteroatoms. The van der Waals surface area contributed by atoms with Gasteiger partial charge in [-0.05, 0) is 47.2 Å². The highest BCUT2D eigenvalue weighted by atomic mass is 32.2. The Balaban J connectivity index is 1.58. The minimum atomic E-state index is -5.80. The average Bonchev–Trinajstić information content (AvgIpc) is 3.22. The van der Waals surface area contributed by atoms with Crippen molar-refractivity contribution in [2.24, 2.45) is 5.41 Å². The molecule has 0 atom stereocenters. The van der Waals surface area contributed by atoms with Crippen LogP contribution in [0.1, 0.15) is 35.5 Å². The molecule has 0 radical (unpaired) electrons. The summed E-state index contributed by atoms with van der Waals surface area (Å²) in [5.74, 6) is -0.353. The van der Waals surface area contributed by atoms with Crippen molar-refractivity contribution in [3.8, 4) is 28.1 Å². The fourth-order valence-corrected chi connectivity index (χ4v) is 6.60. The first kappa shape index (κ1) is 26.6. The Hall–Kier alpha value is -2.96. The zero-order chi connectivity index (χ0) is 27.3. The number of thiophene rings is 1. The van der Waals surface area contributed by atoms with Gasteiger partial charge in [0.15, 0.2) is 5.78 Å². The molecule has 0 unspecified atom stereocenters. The van der Waals surface area contributed by atoms with E-state index in [-0.39, 0.29) is 11.2 Å². The van der Waals surface area contributed by atoms with Crippen LogP contribution in [-0.2, 0) is 21.3 Å². The van der Waals surface area contributed by atoms with Gasteiger partial charge in [-0.3, -0.25) is 9.78 Å². The van der Waals surface area contributed by atoms with E-state index in [1.165, 1.54) is 23.5 Å². The lowest BCUT2D eigenvalue weighted by Gasteiger charge is -2.30. The molecule has 202 valence electrons. The third kappa shape index (κ3) is 5.16. The minimum absolute atomic E-state index is 0.118. The summed E-state index contributed by atoms with van der Waals surface area (Å²) < 4.78 is 71.2. The highest BCUT2D eigenvalue weighted by molar-refractivity contribution is 7.88. The summed E-state index contributed by atoms with van der Waals surface area (Å²) in [4.78, 5) is 20.5. The average molecular weight is 567 g/mol. The summed E-state index contributed by atoms with van der Waals surface area (Å²) in [6, 6.07) is 8.99. The van der Waals surface area contributed by atoms with E-state index in [0.29, 0.717) is 44.0 Å². The maximum absolute atomic E-state index is 13.1. The van der Waals surface area contributed by atoms with Gasteiger partial charge in [0.2, 0.25) is 0 Å². The number of nitrogens with zero attached hydrogens (tertiary/aromatic N) is 2. The van der Waals surface area contributed by atoms with E-state index in [2.05, 4.69) is 27.9 Å². The molecule has 38 heavy (non-hydrogen) atoms. The Kier molecular flexibility index (Phi) is 6.77. The first-order valence-electron chi connectivity index (χ1n) is 11.9. The maximum Gasteiger partial charge on any atom is 0.534 e. The molecule has 7 nitrogen and oxygen atoms in total. The summed E-state index contributed by atoms with van der Waals surface area (Å²) in [6.45, 7) is 6.68. The standard InChI is InChI=1S/C26H25F3N2O5S2/c1-25(2)14-19-22(24(31-8-10-35-11-9-31)37-23(19)21(32)15-25)17-6-7-30-20(13-17)16-4-3-5-18(12-16)36-38(33,34)26(27,28)29/h3-7,12-13H,8-11,14-15H2,1-2H3. The number of pyridine rings is 1. The molecule has 0 N–H and O–H groups in total. The lowest BCUT2D eigenvalue weighted by molar-refractivity contribution is -0.0500. The first-order chi connectivity index (χ1) is 17.8. The number of ketones is 1. The van der Waals surface area contributed by atoms with Crippen LogP contribution < -0.4 is 9.08 Å². The van der Waals surface area contributed by atoms with E-state index in [1.807, 2.05) is 6.07 Å². The van der Waals surface area contributed by atoms with Crippen LogP contribution in [0.5, 0.6) is 5.75 Å². The molecule has 2 aliphatic rings. The quantitative estimate of drug-likeness (QED) is 0.289. The molecule has 5 rings (SSSR count). The summed E-state index contributed by atoms with van der Waals surface area (Å²) in [7, 11) is -5.80. The van der Waals surface area contributed by atoms with Crippen molar-refractivity contribution in [1.82, 2.24) is 4.98 Å². The highest BCUT2D eigenvalue weighted by Crippen LogP contribution is 2.49. The van der Waals surface area contributed by atoms with Crippen LogP contribution >= 0.6 is 11.3 Å². The molecule has 0 spiro atoms. The molecule has 0 bridgehead atoms. The second-order valence-electron chi connectivity index (χ2n) is 10.1. The zero-order valence-corrected chi connectivity index (χ0v) is 22.3. The molecule has 3 aromatic rings. The topological polar surface area (TPSA) is 85.8 Å². The molecular weight excluding hydrogens is 541 g/mol. The fraction of sp³-hybridized carbons (Fsp3) is 0.385. The SMILES string of the molecule is CC1(C)CC(=O)c2sc(N3CCOCC3)c(-c3ccnc(-c4cccc(OS(=O)(=O)C(F)(F)F)c4)c3)c2C1. The third-order valence-corrected chi connectivity index (χ3v) is 8.81. The van der Waals surface area contributed by atoms with E-state index in [4.69, 9.17) is 4.74 Å². The number of fused-ring (bicyclic) bond motifs is 1. The number of halogens is 3. The Morgan fingerprint density at radius 3 is 2.53 bits per heavy atom. The molecule has 1 aliphatic carbocycles. The third-order valence-electron chi connectivity index (χ3n) is 6.50. The van der Waals surface area contributed by atoms with Crippen molar-refractivity contribution >= 4 is 32.2 Å². The summed E-state index contributed by atoms with van der Waals surface area (Å²) in [5, 5.41) is 0.981. The Morgan fingerprint density at radius 1 is 1.08 bits per heavy atom. The molecule has 0 amide bonds. The number of carbonyl (C=O) groups is 1. The Bertz CT molecular complexity index is 1490. The molecule has 1 aliphatic heterocycles. The number of aromatic nitrogens is 1. The molecule has 0 saturated carbocycles. The van der Waals surface area contributed by atoms with Crippen LogP contribution in [-0.4, -0.2) is 51.0 Å². The Labute approximate surface area is 222 Å². The van der Waals surface area contributed by atoms with Gasteiger partial charge in [-0.15, -0.1) is 11.3 Å². The first-order valence-corrected chi connectivity index (χ1v) is 14.2. The highest BCUT2D eigenvalue weighted by Gasteiger charge is 2.48. The van der Waals surface area contributed by atoms with Gasteiger partial charge in [-0.1, -0.05) is 26.0 Å². The number of alkyl halides is 3. The number of hydrogen-bond acceptors (Lipinski definition) is 8. The van der Waals surface area contributed by atoms with E-state index < -0.39 is 21.4 Å². The lowest BCUT2D eigenvalue weighted by Crippen LogP contribution is -2.36. The van der Waals surface area contributed by atoms with E-state index in [0.717, 1.165) is 39.1 Å². The van der Waals surface area contributed by atoms with Crippen LogP contribution in [0.15, 0.2) is 42.6 Å². The Morgan fingerprint density at radius 2 is 1.82 bits per heavy atom. The van der Waals surface area contributed by atoms with Crippen LogP contribution in [0, 0.1) is 5.41 Å². The zero-order valence-electron chi connectivity index (χ0n) is 20.7. The van der Waals surface area contributed by atoms with Crippen molar-refractivity contribution < 1.29 is 35.3 Å². The number of hydrogen-bond donors (Lipinski definition) is 0. The second kappa shape index (κ2) is 9.65. The van der Waals surface area contributed by atoms with Gasteiger partial charge in [-0.25, -0.2) is 0 Å². The minimum Gasteiger partial charge on any atom is -0.378 e. The lowest BCUT2D eigenvalue weighted by atomic mass is 9.75. The van der Waals surface area contributed by atoms with Gasteiger partial charge in [-0.2, -0.15) is 21.6 Å². The summed E-state index contributed by atoms with van der Waals surface area (Å²) in [6.07, 6.45) is 2.78. The number of rotatable bonds is 5. The van der Waals surface area contributed by atoms with E-state index in [1.54, 1.807) is 18.3 Å². The number of anilines is 1. The van der Waals surface area contributed by atoms with Crippen LogP contribution in [0.25, 0.3) is 22.4 Å². The molecule has 1 saturated heterocycles. The van der Waals surface area contributed by atoms with Crippen LogP contribution in [0.2, 0.25) is 0 Å². The predicted octanol–water partition coefficient (Wildman–Crippen LogP) is 5.70. The van der Waals surface area contributed by atoms with Gasteiger partial charge >= 0.3 is 15.6 Å². The number of carbonyl (C=O) groups excluding carboxylic acids is 1.